The van der Waals surface area contributed by atoms with Gasteiger partial charge < -0.3 is 14.4 Å². The van der Waals surface area contributed by atoms with E-state index in [1.165, 1.54) is 0 Å². The number of halogens is 2. The minimum Gasteiger partial charge on any atom is -0.312 e. The first-order valence-corrected chi connectivity index (χ1v) is 13.6. The maximum absolute atomic E-state index is 14.2. The van der Waals surface area contributed by atoms with Crippen LogP contribution in [0.5, 0.6) is 0 Å². The van der Waals surface area contributed by atoms with Gasteiger partial charge in [0.25, 0.3) is 0 Å². The summed E-state index contributed by atoms with van der Waals surface area (Å²) in [6.07, 6.45) is 6.18. The highest BCUT2D eigenvalue weighted by Gasteiger charge is 2.32. The molecular weight excluding hydrogens is 444 g/mol. The summed E-state index contributed by atoms with van der Waals surface area (Å²) in [6, 6.07) is 4.93. The average molecular weight is 488 g/mol. The van der Waals surface area contributed by atoms with Gasteiger partial charge in [-0.2, -0.15) is 0 Å². The van der Waals surface area contributed by atoms with Gasteiger partial charge in [-0.05, 0) is 88.7 Å². The first-order valence-electron chi connectivity index (χ1n) is 13.6. The van der Waals surface area contributed by atoms with Crippen LogP contribution in [0.4, 0.5) is 8.78 Å². The summed E-state index contributed by atoms with van der Waals surface area (Å²) in [4.78, 5) is 4.94. The van der Waals surface area contributed by atoms with E-state index in [0.29, 0.717) is 23.9 Å². The van der Waals surface area contributed by atoms with Gasteiger partial charge in [0.2, 0.25) is 0 Å². The van der Waals surface area contributed by atoms with E-state index in [-0.39, 0.29) is 5.92 Å². The molecule has 194 valence electrons. The Morgan fingerprint density at radius 1 is 0.914 bits per heavy atom. The van der Waals surface area contributed by atoms with E-state index in [0.717, 1.165) is 88.0 Å². The number of piperidine rings is 2. The van der Waals surface area contributed by atoms with Gasteiger partial charge in [-0.1, -0.05) is 20.8 Å². The van der Waals surface area contributed by atoms with E-state index in [4.69, 9.17) is 0 Å². The van der Waals surface area contributed by atoms with Crippen molar-refractivity contribution in [2.45, 2.75) is 90.1 Å². The predicted molar refractivity (Wildman–Crippen MR) is 137 cm³/mol. The third-order valence-electron chi connectivity index (χ3n) is 8.35. The van der Waals surface area contributed by atoms with Crippen LogP contribution in [0, 0.1) is 17.6 Å². The summed E-state index contributed by atoms with van der Waals surface area (Å²) in [5.41, 5.74) is 0.831. The zero-order chi connectivity index (χ0) is 25.1. The van der Waals surface area contributed by atoms with Crippen LogP contribution in [0.15, 0.2) is 18.2 Å². The zero-order valence-electron chi connectivity index (χ0n) is 22.2. The number of nitrogens with zero attached hydrogens (tertiary/aromatic N) is 5. The third kappa shape index (κ3) is 6.11. The normalized spacial score (nSPS) is 21.0. The maximum atomic E-state index is 14.2. The highest BCUT2D eigenvalue weighted by molar-refractivity contribution is 5.23. The van der Waals surface area contributed by atoms with Gasteiger partial charge in [0, 0.05) is 43.6 Å². The minimum atomic E-state index is -0.465. The molecule has 2 aliphatic rings. The number of rotatable bonds is 8. The van der Waals surface area contributed by atoms with E-state index in [1.54, 1.807) is 12.1 Å². The molecular formula is C28H43F2N5. The topological polar surface area (TPSA) is 37.2 Å². The smallest absolute Gasteiger partial charge is 0.135 e. The maximum Gasteiger partial charge on any atom is 0.135 e. The molecule has 0 amide bonds. The van der Waals surface area contributed by atoms with Gasteiger partial charge in [0.15, 0.2) is 0 Å². The Morgan fingerprint density at radius 2 is 1.54 bits per heavy atom. The molecule has 2 unspecified atom stereocenters. The van der Waals surface area contributed by atoms with E-state index in [2.05, 4.69) is 59.3 Å². The van der Waals surface area contributed by atoms with Crippen molar-refractivity contribution in [1.82, 2.24) is 24.6 Å². The molecule has 0 bridgehead atoms. The fraction of sp³-hybridized carbons (Fsp3) is 0.714. The Labute approximate surface area is 209 Å². The Morgan fingerprint density at radius 3 is 2.11 bits per heavy atom. The molecule has 0 N–H and O–H groups in total. The molecule has 1 aromatic heterocycles. The molecule has 7 heteroatoms. The fourth-order valence-electron chi connectivity index (χ4n) is 6.29. The molecule has 4 rings (SSSR count). The van der Waals surface area contributed by atoms with Crippen molar-refractivity contribution in [3.8, 4) is 0 Å². The predicted octanol–water partition coefficient (Wildman–Crippen LogP) is 5.78. The summed E-state index contributed by atoms with van der Waals surface area (Å²) in [5, 5.41) is 8.96. The lowest BCUT2D eigenvalue weighted by atomic mass is 9.76. The summed E-state index contributed by atoms with van der Waals surface area (Å²) in [6.45, 7) is 13.0. The molecule has 35 heavy (non-hydrogen) atoms. The van der Waals surface area contributed by atoms with Crippen molar-refractivity contribution in [2.75, 3.05) is 33.2 Å². The number of hydrogen-bond acceptors (Lipinski definition) is 4. The van der Waals surface area contributed by atoms with E-state index in [1.807, 2.05) is 0 Å². The number of aromatic nitrogens is 3. The summed E-state index contributed by atoms with van der Waals surface area (Å²) in [7, 11) is 2.16. The zero-order valence-corrected chi connectivity index (χ0v) is 22.2. The van der Waals surface area contributed by atoms with Crippen molar-refractivity contribution in [3.05, 3.63) is 47.0 Å². The molecule has 1 aromatic carbocycles. The molecule has 2 saturated heterocycles. The molecule has 2 fully saturated rings. The standard InChI is InChI=1S/C28H43F2N5/c1-6-27-31-32-28(19(2)3)35(27)25-9-13-34(14-10-25)20(4)15-26(21-7-11-33(5)12-8-21)22-16-23(29)18-24(30)17-22/h16-21,25-26H,6-15H2,1-5H3. The van der Waals surface area contributed by atoms with Crippen LogP contribution in [0.1, 0.15) is 94.9 Å². The van der Waals surface area contributed by atoms with Crippen molar-refractivity contribution >= 4 is 0 Å². The van der Waals surface area contributed by atoms with Crippen LogP contribution in [-0.2, 0) is 6.42 Å². The molecule has 0 spiro atoms. The highest BCUT2D eigenvalue weighted by Crippen LogP contribution is 2.38. The van der Waals surface area contributed by atoms with E-state index < -0.39 is 11.6 Å². The van der Waals surface area contributed by atoms with E-state index in [9.17, 15) is 8.78 Å². The summed E-state index contributed by atoms with van der Waals surface area (Å²) >= 11 is 0. The number of likely N-dealkylation sites (tertiary alicyclic amines) is 2. The first kappa shape index (κ1) is 26.2. The van der Waals surface area contributed by atoms with Crippen LogP contribution in [0.25, 0.3) is 0 Å². The van der Waals surface area contributed by atoms with Gasteiger partial charge in [-0.3, -0.25) is 0 Å². The third-order valence-corrected chi connectivity index (χ3v) is 8.35. The number of benzene rings is 1. The molecule has 2 aliphatic heterocycles. The molecule has 5 nitrogen and oxygen atoms in total. The minimum absolute atomic E-state index is 0.179. The monoisotopic (exact) mass is 487 g/mol. The molecule has 0 radical (unpaired) electrons. The summed E-state index contributed by atoms with van der Waals surface area (Å²) in [5.74, 6) is 2.27. The van der Waals surface area contributed by atoms with Crippen LogP contribution in [-0.4, -0.2) is 63.8 Å². The number of aryl methyl sites for hydroxylation is 1. The van der Waals surface area contributed by atoms with Crippen LogP contribution in [0.2, 0.25) is 0 Å². The molecule has 0 aliphatic carbocycles. The SMILES string of the molecule is CCc1nnc(C(C)C)n1C1CCN(C(C)CC(c2cc(F)cc(F)c2)C2CCN(C)CC2)CC1. The lowest BCUT2D eigenvalue weighted by molar-refractivity contribution is 0.116. The van der Waals surface area contributed by atoms with Gasteiger partial charge in [0.1, 0.15) is 23.3 Å². The second kappa shape index (κ2) is 11.5. The molecule has 0 saturated carbocycles. The van der Waals surface area contributed by atoms with Crippen LogP contribution >= 0.6 is 0 Å². The Bertz CT molecular complexity index is 938. The van der Waals surface area contributed by atoms with E-state index >= 15 is 0 Å². The van der Waals surface area contributed by atoms with Crippen molar-refractivity contribution in [2.24, 2.45) is 5.92 Å². The highest BCUT2D eigenvalue weighted by atomic mass is 19.1. The molecule has 3 heterocycles. The second-order valence-electron chi connectivity index (χ2n) is 11.2. The van der Waals surface area contributed by atoms with Crippen molar-refractivity contribution in [3.63, 3.8) is 0 Å². The van der Waals surface area contributed by atoms with Gasteiger partial charge in [-0.25, -0.2) is 8.78 Å². The van der Waals surface area contributed by atoms with Gasteiger partial charge in [0.05, 0.1) is 0 Å². The lowest BCUT2D eigenvalue weighted by Crippen LogP contribution is -2.42. The second-order valence-corrected chi connectivity index (χ2v) is 11.2. The first-order chi connectivity index (χ1) is 16.8. The van der Waals surface area contributed by atoms with Crippen LogP contribution < -0.4 is 0 Å². The lowest BCUT2D eigenvalue weighted by Gasteiger charge is -2.41. The average Bonchev–Trinajstić information content (AvgIpc) is 3.27. The van der Waals surface area contributed by atoms with Crippen molar-refractivity contribution in [1.29, 1.82) is 0 Å². The Balaban J connectivity index is 1.45. The van der Waals surface area contributed by atoms with Crippen molar-refractivity contribution < 1.29 is 8.78 Å². The van der Waals surface area contributed by atoms with Gasteiger partial charge >= 0.3 is 0 Å². The fourth-order valence-corrected chi connectivity index (χ4v) is 6.29. The molecule has 2 aromatic rings. The largest absolute Gasteiger partial charge is 0.312 e. The quantitative estimate of drug-likeness (QED) is 0.473. The van der Waals surface area contributed by atoms with Crippen LogP contribution in [0.3, 0.4) is 0 Å². The Hall–Kier alpha value is -1.86. The Kier molecular flexibility index (Phi) is 8.59. The van der Waals surface area contributed by atoms with Gasteiger partial charge in [-0.15, -0.1) is 10.2 Å². The molecule has 2 atom stereocenters. The summed E-state index contributed by atoms with van der Waals surface area (Å²) < 4.78 is 30.7. The number of hydrogen-bond donors (Lipinski definition) is 0.